The fourth-order valence-electron chi connectivity index (χ4n) is 4.49. The topological polar surface area (TPSA) is 87.2 Å². The Kier molecular flexibility index (Phi) is 6.73. The Bertz CT molecular complexity index is 1330. The van der Waals surface area contributed by atoms with Crippen molar-refractivity contribution in [2.24, 2.45) is 0 Å². The highest BCUT2D eigenvalue weighted by Crippen LogP contribution is 2.33. The van der Waals surface area contributed by atoms with Crippen LogP contribution in [0.5, 0.6) is 5.75 Å². The van der Waals surface area contributed by atoms with E-state index in [1.165, 1.54) is 52.0 Å². The van der Waals surface area contributed by atoms with Crippen molar-refractivity contribution in [2.45, 2.75) is 43.6 Å². The van der Waals surface area contributed by atoms with Gasteiger partial charge < -0.3 is 14.7 Å². The minimum Gasteiger partial charge on any atom is -0.481 e. The van der Waals surface area contributed by atoms with Crippen LogP contribution in [0.25, 0.3) is 10.1 Å². The van der Waals surface area contributed by atoms with Crippen molar-refractivity contribution in [3.63, 3.8) is 0 Å². The predicted octanol–water partition coefficient (Wildman–Crippen LogP) is 4.71. The summed E-state index contributed by atoms with van der Waals surface area (Å²) < 4.78 is 70.6. The van der Waals surface area contributed by atoms with Gasteiger partial charge in [0, 0.05) is 35.6 Å². The first-order valence-corrected chi connectivity index (χ1v) is 13.0. The fraction of sp³-hybridized carbons (Fsp3) is 0.348. The molecule has 0 saturated carbocycles. The van der Waals surface area contributed by atoms with Gasteiger partial charge in [0.05, 0.1) is 11.3 Å². The van der Waals surface area contributed by atoms with Crippen molar-refractivity contribution in [2.75, 3.05) is 18.0 Å². The van der Waals surface area contributed by atoms with Crippen LogP contribution < -0.4 is 9.64 Å². The number of rotatable bonds is 6. The van der Waals surface area contributed by atoms with Crippen molar-refractivity contribution >= 4 is 43.1 Å². The van der Waals surface area contributed by atoms with E-state index >= 15 is 0 Å². The van der Waals surface area contributed by atoms with Crippen LogP contribution in [0.4, 0.5) is 18.9 Å². The number of hydrogen-bond acceptors (Lipinski definition) is 6. The van der Waals surface area contributed by atoms with Gasteiger partial charge >= 0.3 is 12.3 Å². The molecule has 2 atom stereocenters. The molecular formula is C23H23F3N2O5S2. The first-order chi connectivity index (χ1) is 16.3. The molecule has 0 radical (unpaired) electrons. The van der Waals surface area contributed by atoms with Crippen LogP contribution in [-0.4, -0.2) is 55.3 Å². The second kappa shape index (κ2) is 9.32. The standard InChI is InChI=1S/C23H23F3N2O5S2/c1-14-11-27(17-3-5-18(6-4-17)33-23(24,25)26)12-15(2)28(14)35(31,32)19-7-8-21-20(10-19)16(13-34-21)9-22(29)30/h3-8,10,13-15H,9,11-12H2,1-2H3,(H,29,30). The number of sulfonamides is 1. The minimum absolute atomic E-state index is 0.0934. The Hall–Kier alpha value is -2.83. The van der Waals surface area contributed by atoms with Gasteiger partial charge in [0.2, 0.25) is 10.0 Å². The van der Waals surface area contributed by atoms with E-state index in [1.54, 1.807) is 25.3 Å². The van der Waals surface area contributed by atoms with E-state index in [4.69, 9.17) is 5.11 Å². The zero-order valence-electron chi connectivity index (χ0n) is 18.8. The number of carboxylic acids is 1. The number of piperazine rings is 1. The lowest BCUT2D eigenvalue weighted by Gasteiger charge is -2.44. The summed E-state index contributed by atoms with van der Waals surface area (Å²) in [5.41, 5.74) is 1.23. The van der Waals surface area contributed by atoms with Crippen LogP contribution in [-0.2, 0) is 21.2 Å². The SMILES string of the molecule is CC1CN(c2ccc(OC(F)(F)F)cc2)CC(C)N1S(=O)(=O)c1ccc2scc(CC(=O)O)c2c1. The summed E-state index contributed by atoms with van der Waals surface area (Å²) in [6.07, 6.45) is -4.97. The van der Waals surface area contributed by atoms with Crippen molar-refractivity contribution in [3.8, 4) is 5.75 Å². The van der Waals surface area contributed by atoms with Gasteiger partial charge in [0.15, 0.2) is 0 Å². The maximum Gasteiger partial charge on any atom is 0.573 e. The smallest absolute Gasteiger partial charge is 0.481 e. The molecule has 188 valence electrons. The molecule has 12 heteroatoms. The number of ether oxygens (including phenoxy) is 1. The normalized spacial score (nSPS) is 19.7. The van der Waals surface area contributed by atoms with Gasteiger partial charge in [0.1, 0.15) is 5.75 Å². The summed E-state index contributed by atoms with van der Waals surface area (Å²) in [5, 5.41) is 11.5. The Labute approximate surface area is 204 Å². The number of carboxylic acid groups (broad SMARTS) is 1. The molecule has 1 fully saturated rings. The largest absolute Gasteiger partial charge is 0.573 e. The number of thiophene rings is 1. The van der Waals surface area contributed by atoms with Crippen LogP contribution in [0.3, 0.4) is 0 Å². The lowest BCUT2D eigenvalue weighted by molar-refractivity contribution is -0.274. The molecule has 1 N–H and O–H groups in total. The molecule has 0 spiro atoms. The monoisotopic (exact) mass is 528 g/mol. The molecule has 0 bridgehead atoms. The Balaban J connectivity index is 1.56. The first kappa shape index (κ1) is 25.3. The number of hydrogen-bond donors (Lipinski definition) is 1. The van der Waals surface area contributed by atoms with Gasteiger partial charge in [-0.2, -0.15) is 4.31 Å². The maximum atomic E-state index is 13.6. The van der Waals surface area contributed by atoms with Crippen LogP contribution in [0.1, 0.15) is 19.4 Å². The van der Waals surface area contributed by atoms with Gasteiger partial charge in [-0.1, -0.05) is 0 Å². The highest BCUT2D eigenvalue weighted by Gasteiger charge is 2.39. The van der Waals surface area contributed by atoms with Crippen LogP contribution in [0, 0.1) is 0 Å². The molecule has 1 saturated heterocycles. The average Bonchev–Trinajstić information content (AvgIpc) is 3.14. The lowest BCUT2D eigenvalue weighted by Crippen LogP contribution is -2.58. The second-order valence-electron chi connectivity index (χ2n) is 8.47. The molecule has 1 aliphatic heterocycles. The summed E-state index contributed by atoms with van der Waals surface area (Å²) in [6, 6.07) is 9.39. The van der Waals surface area contributed by atoms with Gasteiger partial charge in [-0.05, 0) is 72.6 Å². The molecule has 2 unspecified atom stereocenters. The van der Waals surface area contributed by atoms with Gasteiger partial charge in [-0.25, -0.2) is 8.42 Å². The third kappa shape index (κ3) is 5.39. The summed E-state index contributed by atoms with van der Waals surface area (Å²) in [7, 11) is -3.89. The number of carbonyl (C=O) groups is 1. The zero-order chi connectivity index (χ0) is 25.5. The fourth-order valence-corrected chi connectivity index (χ4v) is 7.27. The first-order valence-electron chi connectivity index (χ1n) is 10.7. The van der Waals surface area contributed by atoms with Crippen molar-refractivity contribution in [1.82, 2.24) is 4.31 Å². The van der Waals surface area contributed by atoms with Crippen molar-refractivity contribution in [1.29, 1.82) is 0 Å². The van der Waals surface area contributed by atoms with E-state index in [9.17, 15) is 26.4 Å². The van der Waals surface area contributed by atoms with Crippen molar-refractivity contribution in [3.05, 3.63) is 53.4 Å². The zero-order valence-corrected chi connectivity index (χ0v) is 20.5. The highest BCUT2D eigenvalue weighted by molar-refractivity contribution is 7.89. The Morgan fingerprint density at radius 1 is 1.11 bits per heavy atom. The number of aliphatic carboxylic acids is 1. The van der Waals surface area contributed by atoms with E-state index in [0.29, 0.717) is 29.7 Å². The maximum absolute atomic E-state index is 13.6. The molecule has 1 aromatic heterocycles. The van der Waals surface area contributed by atoms with Crippen LogP contribution in [0.2, 0.25) is 0 Å². The third-order valence-electron chi connectivity index (χ3n) is 5.82. The second-order valence-corrected chi connectivity index (χ2v) is 11.2. The predicted molar refractivity (Wildman–Crippen MR) is 126 cm³/mol. The van der Waals surface area contributed by atoms with Crippen LogP contribution in [0.15, 0.2) is 52.7 Å². The van der Waals surface area contributed by atoms with E-state index in [-0.39, 0.29) is 17.1 Å². The Morgan fingerprint density at radius 2 is 1.74 bits per heavy atom. The van der Waals surface area contributed by atoms with Gasteiger partial charge in [-0.3, -0.25) is 4.79 Å². The molecule has 0 amide bonds. The lowest BCUT2D eigenvalue weighted by atomic mass is 10.1. The van der Waals surface area contributed by atoms with E-state index in [2.05, 4.69) is 4.74 Å². The van der Waals surface area contributed by atoms with Gasteiger partial charge in [0.25, 0.3) is 0 Å². The number of halogens is 3. The van der Waals surface area contributed by atoms with Crippen molar-refractivity contribution < 1.29 is 36.2 Å². The van der Waals surface area contributed by atoms with E-state index in [1.807, 2.05) is 4.90 Å². The summed E-state index contributed by atoms with van der Waals surface area (Å²) in [4.78, 5) is 13.2. The number of alkyl halides is 3. The third-order valence-corrected chi connectivity index (χ3v) is 8.95. The Morgan fingerprint density at radius 3 is 2.31 bits per heavy atom. The molecule has 4 rings (SSSR count). The number of benzene rings is 2. The average molecular weight is 529 g/mol. The molecule has 2 aromatic carbocycles. The highest BCUT2D eigenvalue weighted by atomic mass is 32.2. The van der Waals surface area contributed by atoms with Gasteiger partial charge in [-0.15, -0.1) is 24.5 Å². The van der Waals surface area contributed by atoms with E-state index in [0.717, 1.165) is 4.70 Å². The minimum atomic E-state index is -4.77. The molecule has 2 heterocycles. The molecule has 35 heavy (non-hydrogen) atoms. The molecule has 0 aliphatic carbocycles. The number of anilines is 1. The molecule has 1 aliphatic rings. The quantitative estimate of drug-likeness (QED) is 0.499. The van der Waals surface area contributed by atoms with E-state index < -0.39 is 34.4 Å². The number of fused-ring (bicyclic) bond motifs is 1. The summed E-state index contributed by atoms with van der Waals surface area (Å²) in [5.74, 6) is -1.32. The number of nitrogens with zero attached hydrogens (tertiary/aromatic N) is 2. The van der Waals surface area contributed by atoms with Crippen LogP contribution >= 0.6 is 11.3 Å². The summed E-state index contributed by atoms with van der Waals surface area (Å²) >= 11 is 1.36. The summed E-state index contributed by atoms with van der Waals surface area (Å²) in [6.45, 7) is 4.24. The molecule has 3 aromatic rings. The molecular weight excluding hydrogens is 505 g/mol. The molecule has 7 nitrogen and oxygen atoms in total.